The van der Waals surface area contributed by atoms with E-state index in [0.29, 0.717) is 22.3 Å². The summed E-state index contributed by atoms with van der Waals surface area (Å²) in [4.78, 5) is 0. The molecule has 0 fully saturated rings. The SMILES string of the molecule is [2H]c1c([2H])c([2H])c(-c2c3ccccc3c(-c3ccc4oc5c(-c6c7ccccc7c(-c7c([2H])c([2H])c([2H])c([2H])c7[2H])c7ccccc67)cccc5c4c3)c3ccccc23)c([2H])c1[2H]. The van der Waals surface area contributed by atoms with Gasteiger partial charge < -0.3 is 4.42 Å². The van der Waals surface area contributed by atoms with Gasteiger partial charge in [0.15, 0.2) is 0 Å². The minimum Gasteiger partial charge on any atom is -0.455 e. The van der Waals surface area contributed by atoms with E-state index in [2.05, 4.69) is 6.07 Å². The molecule has 0 radical (unpaired) electrons. The lowest BCUT2D eigenvalue weighted by Gasteiger charge is -2.17. The molecule has 0 amide bonds. The topological polar surface area (TPSA) is 13.1 Å². The molecule has 11 rings (SSSR count). The highest BCUT2D eigenvalue weighted by molar-refractivity contribution is 6.25. The molecular formula is C52H32O. The van der Waals surface area contributed by atoms with Crippen LogP contribution in [0.25, 0.3) is 110 Å². The lowest BCUT2D eigenvalue weighted by atomic mass is 9.85. The van der Waals surface area contributed by atoms with Crippen LogP contribution in [0.3, 0.4) is 0 Å². The summed E-state index contributed by atoms with van der Waals surface area (Å²) in [5.74, 6) is 0. The quantitative estimate of drug-likeness (QED) is 0.168. The predicted molar refractivity (Wildman–Crippen MR) is 225 cm³/mol. The van der Waals surface area contributed by atoms with Gasteiger partial charge in [-0.3, -0.25) is 0 Å². The van der Waals surface area contributed by atoms with E-state index in [-0.39, 0.29) is 59.5 Å². The highest BCUT2D eigenvalue weighted by atomic mass is 16.3. The molecule has 0 spiro atoms. The van der Waals surface area contributed by atoms with Gasteiger partial charge in [0.2, 0.25) is 0 Å². The van der Waals surface area contributed by atoms with E-state index in [9.17, 15) is 0 Å². The van der Waals surface area contributed by atoms with Gasteiger partial charge >= 0.3 is 0 Å². The molecule has 246 valence electrons. The van der Waals surface area contributed by atoms with Crippen LogP contribution in [0.1, 0.15) is 13.7 Å². The van der Waals surface area contributed by atoms with Crippen LogP contribution in [-0.2, 0) is 0 Å². The summed E-state index contributed by atoms with van der Waals surface area (Å²) in [6, 6.07) is 39.9. The van der Waals surface area contributed by atoms with Gasteiger partial charge in [0.05, 0.1) is 13.7 Å². The minimum atomic E-state index is -0.439. The minimum absolute atomic E-state index is 0.149. The second-order valence-electron chi connectivity index (χ2n) is 13.2. The average molecular weight is 683 g/mol. The Hall–Kier alpha value is -6.96. The molecular weight excluding hydrogens is 641 g/mol. The Bertz CT molecular complexity index is 3640. The van der Waals surface area contributed by atoms with Gasteiger partial charge in [0, 0.05) is 21.9 Å². The highest BCUT2D eigenvalue weighted by Crippen LogP contribution is 2.48. The van der Waals surface area contributed by atoms with Gasteiger partial charge in [-0.1, -0.05) is 182 Å². The standard InChI is InChI=1S/C52H32O/c1-3-16-33(17-4-1)48-36-20-7-9-22-38(36)50(39-23-10-8-21-37(39)48)35-30-31-47-46(32-35)44-28-15-29-45(52(44)53-47)51-42-26-13-11-24-40(42)49(34-18-5-2-6-19-34)41-25-12-14-27-43(41)51/h1-32H/i1D,2D,3D,4D,5D,6D,16D,17D,18D,19D. The van der Waals surface area contributed by atoms with Crippen LogP contribution in [0.5, 0.6) is 0 Å². The predicted octanol–water partition coefficient (Wildman–Crippen LogP) is 14.9. The van der Waals surface area contributed by atoms with Gasteiger partial charge in [-0.05, 0) is 88.6 Å². The van der Waals surface area contributed by atoms with Gasteiger partial charge in [0.25, 0.3) is 0 Å². The van der Waals surface area contributed by atoms with Crippen molar-refractivity contribution >= 4 is 65.0 Å². The van der Waals surface area contributed by atoms with Gasteiger partial charge in [-0.2, -0.15) is 0 Å². The monoisotopic (exact) mass is 682 g/mol. The van der Waals surface area contributed by atoms with E-state index in [1.54, 1.807) is 0 Å². The molecule has 1 heterocycles. The Morgan fingerprint density at radius 2 is 0.717 bits per heavy atom. The maximum absolute atomic E-state index is 8.95. The first kappa shape index (κ1) is 21.4. The molecule has 0 saturated carbocycles. The molecule has 1 heteroatoms. The van der Waals surface area contributed by atoms with E-state index in [1.165, 1.54) is 0 Å². The van der Waals surface area contributed by atoms with Crippen LogP contribution in [0.4, 0.5) is 0 Å². The largest absolute Gasteiger partial charge is 0.455 e. The highest BCUT2D eigenvalue weighted by Gasteiger charge is 2.21. The molecule has 0 N–H and O–H groups in total. The number of hydrogen-bond acceptors (Lipinski definition) is 1. The summed E-state index contributed by atoms with van der Waals surface area (Å²) in [5, 5.41) is 8.17. The third kappa shape index (κ3) is 4.51. The third-order valence-electron chi connectivity index (χ3n) is 10.4. The molecule has 11 aromatic rings. The molecule has 53 heavy (non-hydrogen) atoms. The Labute approximate surface area is 321 Å². The molecule has 10 aromatic carbocycles. The molecule has 1 aromatic heterocycles. The summed E-state index contributed by atoms with van der Waals surface area (Å²) in [5.41, 5.74) is 6.38. The van der Waals surface area contributed by atoms with Gasteiger partial charge in [-0.15, -0.1) is 0 Å². The molecule has 0 unspecified atom stereocenters. The Morgan fingerprint density at radius 3 is 1.17 bits per heavy atom. The Kier molecular flexibility index (Phi) is 4.77. The number of benzene rings is 10. The van der Waals surface area contributed by atoms with Crippen LogP contribution in [0, 0.1) is 0 Å². The molecule has 0 bridgehead atoms. The first-order chi connectivity index (χ1) is 30.5. The first-order valence-corrected chi connectivity index (χ1v) is 17.4. The second-order valence-corrected chi connectivity index (χ2v) is 13.2. The molecule has 0 aliphatic heterocycles. The fourth-order valence-electron chi connectivity index (χ4n) is 8.30. The fraction of sp³-hybridized carbons (Fsp3) is 0. The fourth-order valence-corrected chi connectivity index (χ4v) is 8.30. The first-order valence-electron chi connectivity index (χ1n) is 22.4. The van der Waals surface area contributed by atoms with Crippen LogP contribution in [0.2, 0.25) is 0 Å². The van der Waals surface area contributed by atoms with Gasteiger partial charge in [0.1, 0.15) is 11.2 Å². The van der Waals surface area contributed by atoms with Crippen molar-refractivity contribution in [2.75, 3.05) is 0 Å². The summed E-state index contributed by atoms with van der Waals surface area (Å²) < 4.78 is 93.1. The van der Waals surface area contributed by atoms with Gasteiger partial charge in [-0.25, -0.2) is 0 Å². The molecule has 1 nitrogen and oxygen atoms in total. The maximum atomic E-state index is 8.95. The van der Waals surface area contributed by atoms with E-state index in [4.69, 9.17) is 18.1 Å². The second kappa shape index (κ2) is 11.8. The summed E-state index contributed by atoms with van der Waals surface area (Å²) in [6.07, 6.45) is 0. The third-order valence-corrected chi connectivity index (χ3v) is 10.4. The number of fused-ring (bicyclic) bond motifs is 7. The van der Waals surface area contributed by atoms with Crippen molar-refractivity contribution in [3.05, 3.63) is 194 Å². The van der Waals surface area contributed by atoms with Crippen molar-refractivity contribution in [3.8, 4) is 44.5 Å². The number of hydrogen-bond donors (Lipinski definition) is 0. The van der Waals surface area contributed by atoms with Crippen molar-refractivity contribution < 1.29 is 18.1 Å². The number of rotatable bonds is 4. The summed E-state index contributed by atoms with van der Waals surface area (Å²) in [7, 11) is 0. The number of furan rings is 1. The normalized spacial score (nSPS) is 14.4. The van der Waals surface area contributed by atoms with E-state index >= 15 is 0 Å². The zero-order chi connectivity index (χ0) is 43.6. The van der Waals surface area contributed by atoms with Crippen LogP contribution >= 0.6 is 0 Å². The van der Waals surface area contributed by atoms with Crippen molar-refractivity contribution in [1.82, 2.24) is 0 Å². The van der Waals surface area contributed by atoms with Crippen LogP contribution in [0.15, 0.2) is 198 Å². The van der Waals surface area contributed by atoms with E-state index < -0.39 is 12.1 Å². The van der Waals surface area contributed by atoms with Crippen molar-refractivity contribution in [2.24, 2.45) is 0 Å². The maximum Gasteiger partial charge on any atom is 0.143 e. The molecule has 0 aliphatic carbocycles. The molecule has 0 saturated heterocycles. The molecule has 0 aliphatic rings. The zero-order valence-electron chi connectivity index (χ0n) is 38.1. The van der Waals surface area contributed by atoms with Crippen molar-refractivity contribution in [1.29, 1.82) is 0 Å². The summed E-state index contributed by atoms with van der Waals surface area (Å²) in [6.45, 7) is 0. The average Bonchev–Trinajstić information content (AvgIpc) is 3.69. The Balaban J connectivity index is 1.17. The van der Waals surface area contributed by atoms with Crippen LogP contribution < -0.4 is 0 Å². The Morgan fingerprint density at radius 1 is 0.321 bits per heavy atom. The smallest absolute Gasteiger partial charge is 0.143 e. The zero-order valence-corrected chi connectivity index (χ0v) is 28.1. The lowest BCUT2D eigenvalue weighted by molar-refractivity contribution is 0.670. The molecule has 0 atom stereocenters. The van der Waals surface area contributed by atoms with E-state index in [0.717, 1.165) is 76.1 Å². The van der Waals surface area contributed by atoms with Crippen LogP contribution in [-0.4, -0.2) is 0 Å². The lowest BCUT2D eigenvalue weighted by Crippen LogP contribution is -1.91. The van der Waals surface area contributed by atoms with Crippen molar-refractivity contribution in [2.45, 2.75) is 0 Å². The summed E-state index contributed by atoms with van der Waals surface area (Å²) >= 11 is 0. The van der Waals surface area contributed by atoms with E-state index in [1.807, 2.05) is 127 Å². The van der Waals surface area contributed by atoms with Crippen molar-refractivity contribution in [3.63, 3.8) is 0 Å². The number of para-hydroxylation sites is 1.